The third-order valence-corrected chi connectivity index (χ3v) is 5.85. The van der Waals surface area contributed by atoms with E-state index in [1.165, 1.54) is 21.7 Å². The number of carboxylic acids is 1. The molecule has 3 rings (SSSR count). The van der Waals surface area contributed by atoms with E-state index in [1.54, 1.807) is 11.3 Å². The number of carbonyl (C=O) groups is 2. The molecule has 108 valence electrons. The summed E-state index contributed by atoms with van der Waals surface area (Å²) in [6, 6.07) is 2.18. The van der Waals surface area contributed by atoms with Gasteiger partial charge in [0.1, 0.15) is 0 Å². The van der Waals surface area contributed by atoms with E-state index in [0.29, 0.717) is 6.54 Å². The van der Waals surface area contributed by atoms with Gasteiger partial charge < -0.3 is 10.4 Å². The van der Waals surface area contributed by atoms with Crippen LogP contribution in [0.1, 0.15) is 35.6 Å². The van der Waals surface area contributed by atoms with Crippen LogP contribution in [0, 0.1) is 17.3 Å². The predicted octanol–water partition coefficient (Wildman–Crippen LogP) is 2.21. The Kier molecular flexibility index (Phi) is 3.12. The maximum Gasteiger partial charge on any atom is 0.307 e. The second-order valence-electron chi connectivity index (χ2n) is 6.35. The highest BCUT2D eigenvalue weighted by Gasteiger charge is 2.65. The summed E-state index contributed by atoms with van der Waals surface area (Å²) in [6.45, 7) is 4.21. The number of hydrogen-bond acceptors (Lipinski definition) is 3. The molecule has 1 fully saturated rings. The van der Waals surface area contributed by atoms with E-state index >= 15 is 0 Å². The second kappa shape index (κ2) is 4.58. The largest absolute Gasteiger partial charge is 0.481 e. The van der Waals surface area contributed by atoms with Gasteiger partial charge in [-0.3, -0.25) is 9.59 Å². The van der Waals surface area contributed by atoms with Crippen molar-refractivity contribution < 1.29 is 14.7 Å². The topological polar surface area (TPSA) is 66.4 Å². The Morgan fingerprint density at radius 3 is 2.75 bits per heavy atom. The molecule has 0 aromatic carbocycles. The fourth-order valence-corrected chi connectivity index (χ4v) is 4.55. The van der Waals surface area contributed by atoms with Crippen LogP contribution in [-0.4, -0.2) is 17.0 Å². The first kappa shape index (κ1) is 13.6. The fraction of sp³-hybridized carbons (Fsp3) is 0.600. The van der Waals surface area contributed by atoms with Crippen LogP contribution in [-0.2, 0) is 29.0 Å². The number of aliphatic carboxylic acids is 1. The zero-order valence-electron chi connectivity index (χ0n) is 11.7. The van der Waals surface area contributed by atoms with E-state index in [2.05, 4.69) is 11.4 Å². The Hall–Kier alpha value is -1.36. The molecule has 1 amide bonds. The average molecular weight is 293 g/mol. The third kappa shape index (κ3) is 2.14. The number of carboxylic acid groups (broad SMARTS) is 1. The van der Waals surface area contributed by atoms with Crippen molar-refractivity contribution in [1.29, 1.82) is 0 Å². The van der Waals surface area contributed by atoms with Crippen LogP contribution < -0.4 is 5.32 Å². The Morgan fingerprint density at radius 1 is 1.40 bits per heavy atom. The number of amides is 1. The van der Waals surface area contributed by atoms with Crippen molar-refractivity contribution in [2.75, 3.05) is 0 Å². The molecule has 5 heteroatoms. The van der Waals surface area contributed by atoms with Crippen molar-refractivity contribution in [1.82, 2.24) is 5.32 Å². The average Bonchev–Trinajstić information content (AvgIpc) is 2.67. The first-order chi connectivity index (χ1) is 9.41. The molecule has 0 bridgehead atoms. The molecule has 0 saturated heterocycles. The molecule has 0 radical (unpaired) electrons. The van der Waals surface area contributed by atoms with Crippen molar-refractivity contribution in [3.8, 4) is 0 Å². The maximum atomic E-state index is 12.1. The van der Waals surface area contributed by atoms with E-state index in [4.69, 9.17) is 5.11 Å². The van der Waals surface area contributed by atoms with Crippen LogP contribution in [0.2, 0.25) is 0 Å². The van der Waals surface area contributed by atoms with E-state index < -0.39 is 23.2 Å². The summed E-state index contributed by atoms with van der Waals surface area (Å²) in [7, 11) is 0. The van der Waals surface area contributed by atoms with E-state index in [-0.39, 0.29) is 5.91 Å². The van der Waals surface area contributed by atoms with Gasteiger partial charge in [0.15, 0.2) is 0 Å². The van der Waals surface area contributed by atoms with Crippen LogP contribution in [0.4, 0.5) is 0 Å². The van der Waals surface area contributed by atoms with Crippen LogP contribution in [0.5, 0.6) is 0 Å². The van der Waals surface area contributed by atoms with Gasteiger partial charge in [0, 0.05) is 9.75 Å². The lowest BCUT2D eigenvalue weighted by Gasteiger charge is -2.04. The lowest BCUT2D eigenvalue weighted by atomic mass is 10.1. The summed E-state index contributed by atoms with van der Waals surface area (Å²) in [5.41, 5.74) is 1.00. The van der Waals surface area contributed by atoms with Crippen molar-refractivity contribution in [3.05, 3.63) is 21.4 Å². The molecule has 0 spiro atoms. The fourth-order valence-electron chi connectivity index (χ4n) is 3.35. The minimum absolute atomic E-state index is 0.129. The Balaban J connectivity index is 1.59. The zero-order valence-corrected chi connectivity index (χ0v) is 12.5. The number of carbonyl (C=O) groups excluding carboxylic acids is 1. The summed E-state index contributed by atoms with van der Waals surface area (Å²) < 4.78 is 0. The maximum absolute atomic E-state index is 12.1. The molecule has 2 aliphatic rings. The molecule has 20 heavy (non-hydrogen) atoms. The number of hydrogen-bond donors (Lipinski definition) is 2. The molecular weight excluding hydrogens is 274 g/mol. The molecule has 0 unspecified atom stereocenters. The number of aryl methyl sites for hydroxylation is 2. The molecule has 1 heterocycles. The van der Waals surface area contributed by atoms with Gasteiger partial charge in [0.25, 0.3) is 0 Å². The predicted molar refractivity (Wildman–Crippen MR) is 76.6 cm³/mol. The molecule has 0 aliphatic heterocycles. The molecule has 1 aromatic rings. The van der Waals surface area contributed by atoms with Crippen LogP contribution in [0.15, 0.2) is 6.07 Å². The zero-order chi connectivity index (χ0) is 14.5. The molecule has 2 aliphatic carbocycles. The lowest BCUT2D eigenvalue weighted by molar-refractivity contribution is -0.140. The molecule has 2 N–H and O–H groups in total. The summed E-state index contributed by atoms with van der Waals surface area (Å²) in [4.78, 5) is 25.8. The Bertz CT molecular complexity index is 554. The van der Waals surface area contributed by atoms with Crippen LogP contribution in [0.3, 0.4) is 0 Å². The van der Waals surface area contributed by atoms with Gasteiger partial charge in [0.05, 0.1) is 18.4 Å². The van der Waals surface area contributed by atoms with Crippen LogP contribution in [0.25, 0.3) is 0 Å². The van der Waals surface area contributed by atoms with Crippen molar-refractivity contribution in [2.24, 2.45) is 17.3 Å². The Morgan fingerprint density at radius 2 is 2.15 bits per heavy atom. The summed E-state index contributed by atoms with van der Waals surface area (Å²) in [6.07, 6.45) is 3.55. The third-order valence-electron chi connectivity index (χ3n) is 4.61. The number of thiophene rings is 1. The van der Waals surface area contributed by atoms with E-state index in [0.717, 1.165) is 12.8 Å². The SMILES string of the molecule is CC1(C)[C@H](C(=O)O)[C@@H]1C(=O)NCc1cc2c(s1)CCC2. The summed E-state index contributed by atoms with van der Waals surface area (Å²) in [5, 5.41) is 12.0. The monoisotopic (exact) mass is 293 g/mol. The molecular formula is C15H19NO3S. The standard InChI is InChI=1S/C15H19NO3S/c1-15(2)11(12(15)14(18)19)13(17)16-7-9-6-8-4-3-5-10(8)20-9/h6,11-12H,3-5,7H2,1-2H3,(H,16,17)(H,18,19)/t11-,12+/m1/s1. The lowest BCUT2D eigenvalue weighted by Crippen LogP contribution is -2.26. The quantitative estimate of drug-likeness (QED) is 0.894. The van der Waals surface area contributed by atoms with Gasteiger partial charge in [-0.2, -0.15) is 0 Å². The van der Waals surface area contributed by atoms with Gasteiger partial charge in [-0.25, -0.2) is 0 Å². The molecule has 4 nitrogen and oxygen atoms in total. The first-order valence-electron chi connectivity index (χ1n) is 7.02. The highest BCUT2D eigenvalue weighted by Crippen LogP contribution is 2.58. The molecule has 1 aromatic heterocycles. The normalized spacial score (nSPS) is 26.1. The van der Waals surface area contributed by atoms with E-state index in [1.807, 2.05) is 13.8 Å². The number of rotatable bonds is 4. The molecule has 1 saturated carbocycles. The number of fused-ring (bicyclic) bond motifs is 1. The van der Waals surface area contributed by atoms with Crippen LogP contribution >= 0.6 is 11.3 Å². The van der Waals surface area contributed by atoms with Gasteiger partial charge in [-0.15, -0.1) is 11.3 Å². The summed E-state index contributed by atoms with van der Waals surface area (Å²) >= 11 is 1.77. The highest BCUT2D eigenvalue weighted by molar-refractivity contribution is 7.12. The minimum atomic E-state index is -0.870. The van der Waals surface area contributed by atoms with E-state index in [9.17, 15) is 9.59 Å². The Labute approximate surface area is 122 Å². The summed E-state index contributed by atoms with van der Waals surface area (Å²) in [5.74, 6) is -1.94. The second-order valence-corrected chi connectivity index (χ2v) is 7.57. The van der Waals surface area contributed by atoms with Gasteiger partial charge >= 0.3 is 5.97 Å². The van der Waals surface area contributed by atoms with Gasteiger partial charge in [-0.1, -0.05) is 13.8 Å². The highest BCUT2D eigenvalue weighted by atomic mass is 32.1. The minimum Gasteiger partial charge on any atom is -0.481 e. The smallest absolute Gasteiger partial charge is 0.307 e. The van der Waals surface area contributed by atoms with Gasteiger partial charge in [-0.05, 0) is 36.3 Å². The molecule has 2 atom stereocenters. The van der Waals surface area contributed by atoms with Crippen molar-refractivity contribution in [3.63, 3.8) is 0 Å². The number of nitrogens with one attached hydrogen (secondary N) is 1. The van der Waals surface area contributed by atoms with Crippen molar-refractivity contribution >= 4 is 23.2 Å². The van der Waals surface area contributed by atoms with Gasteiger partial charge in [0.2, 0.25) is 5.91 Å². The van der Waals surface area contributed by atoms with Crippen molar-refractivity contribution in [2.45, 2.75) is 39.7 Å². The first-order valence-corrected chi connectivity index (χ1v) is 7.84.